The largest absolute Gasteiger partial charge is 0.354 e. The molecular weight excluding hydrogens is 304 g/mol. The van der Waals surface area contributed by atoms with Crippen molar-refractivity contribution in [2.45, 2.75) is 45.1 Å². The fourth-order valence-corrected chi connectivity index (χ4v) is 3.74. The third kappa shape index (κ3) is 2.61. The highest BCUT2D eigenvalue weighted by atomic mass is 16.2. The number of amides is 1. The van der Waals surface area contributed by atoms with Gasteiger partial charge < -0.3 is 9.80 Å². The summed E-state index contributed by atoms with van der Waals surface area (Å²) in [5.74, 6) is 2.23. The lowest BCUT2D eigenvalue weighted by atomic mass is 9.84. The molecule has 2 fully saturated rings. The van der Waals surface area contributed by atoms with E-state index in [0.29, 0.717) is 11.7 Å². The number of hydrogen-bond acceptors (Lipinski definition) is 5. The Morgan fingerprint density at radius 2 is 2.12 bits per heavy atom. The predicted octanol–water partition coefficient (Wildman–Crippen LogP) is 1.66. The number of carbonyl (C=O) groups excluding carboxylic acids is 1. The van der Waals surface area contributed by atoms with Gasteiger partial charge in [-0.2, -0.15) is 14.6 Å². The van der Waals surface area contributed by atoms with E-state index >= 15 is 0 Å². The molecule has 0 spiro atoms. The van der Waals surface area contributed by atoms with Crippen molar-refractivity contribution in [1.82, 2.24) is 24.5 Å². The summed E-state index contributed by atoms with van der Waals surface area (Å²) < 4.78 is 1.79. The van der Waals surface area contributed by atoms with Crippen LogP contribution in [0.1, 0.15) is 37.8 Å². The number of likely N-dealkylation sites (N-methyl/N-ethyl adjacent to an activating group) is 1. The summed E-state index contributed by atoms with van der Waals surface area (Å²) in [6.07, 6.45) is 6.99. The van der Waals surface area contributed by atoms with Gasteiger partial charge >= 0.3 is 0 Å². The first-order valence-corrected chi connectivity index (χ1v) is 8.82. The maximum atomic E-state index is 12.6. The van der Waals surface area contributed by atoms with Crippen LogP contribution in [0.5, 0.6) is 0 Å². The fourth-order valence-electron chi connectivity index (χ4n) is 3.74. The number of nitrogens with zero attached hydrogens (tertiary/aromatic N) is 6. The van der Waals surface area contributed by atoms with Crippen LogP contribution in [0.2, 0.25) is 0 Å². The summed E-state index contributed by atoms with van der Waals surface area (Å²) in [5, 5.41) is 4.31. The van der Waals surface area contributed by atoms with Crippen LogP contribution in [0, 0.1) is 12.8 Å². The number of aryl methyl sites for hydroxylation is 1. The second-order valence-corrected chi connectivity index (χ2v) is 7.05. The van der Waals surface area contributed by atoms with Crippen LogP contribution >= 0.6 is 0 Å². The van der Waals surface area contributed by atoms with Gasteiger partial charge in [0.25, 0.3) is 5.78 Å². The normalized spacial score (nSPS) is 21.8. The van der Waals surface area contributed by atoms with Crippen molar-refractivity contribution >= 4 is 17.5 Å². The minimum atomic E-state index is 0.260. The summed E-state index contributed by atoms with van der Waals surface area (Å²) in [4.78, 5) is 25.5. The number of hydrogen-bond donors (Lipinski definition) is 0. The molecule has 1 aliphatic heterocycles. The van der Waals surface area contributed by atoms with Gasteiger partial charge in [0.15, 0.2) is 0 Å². The lowest BCUT2D eigenvalue weighted by molar-refractivity contribution is -0.139. The minimum absolute atomic E-state index is 0.260. The van der Waals surface area contributed by atoms with Gasteiger partial charge in [-0.3, -0.25) is 4.79 Å². The second kappa shape index (κ2) is 6.03. The van der Waals surface area contributed by atoms with Crippen LogP contribution in [0.25, 0.3) is 5.78 Å². The van der Waals surface area contributed by atoms with E-state index < -0.39 is 0 Å². The molecule has 2 aliphatic rings. The lowest BCUT2D eigenvalue weighted by Gasteiger charge is -2.40. The molecule has 1 saturated carbocycles. The summed E-state index contributed by atoms with van der Waals surface area (Å²) in [7, 11) is 1.97. The Bertz CT molecular complexity index is 753. The van der Waals surface area contributed by atoms with Crippen LogP contribution in [0.3, 0.4) is 0 Å². The zero-order chi connectivity index (χ0) is 16.7. The van der Waals surface area contributed by atoms with E-state index in [1.807, 2.05) is 18.9 Å². The highest BCUT2D eigenvalue weighted by Gasteiger charge is 2.33. The Kier molecular flexibility index (Phi) is 3.86. The van der Waals surface area contributed by atoms with Crippen LogP contribution in [0.4, 0.5) is 5.82 Å². The molecule has 24 heavy (non-hydrogen) atoms. The monoisotopic (exact) mass is 328 g/mol. The van der Waals surface area contributed by atoms with E-state index in [-0.39, 0.29) is 12.0 Å². The van der Waals surface area contributed by atoms with Crippen LogP contribution in [-0.2, 0) is 4.79 Å². The first-order valence-electron chi connectivity index (χ1n) is 8.82. The SMILES string of the molecule is Cc1cc(N2CCCC(N(C)C(=O)C3CCC3)C2)n2ncnc2n1. The van der Waals surface area contributed by atoms with Gasteiger partial charge in [-0.25, -0.2) is 4.98 Å². The van der Waals surface area contributed by atoms with E-state index in [1.54, 1.807) is 10.8 Å². The molecule has 1 amide bonds. The molecule has 2 aromatic rings. The van der Waals surface area contributed by atoms with E-state index in [1.165, 1.54) is 6.42 Å². The highest BCUT2D eigenvalue weighted by Crippen LogP contribution is 2.30. The van der Waals surface area contributed by atoms with Crippen LogP contribution in [-0.4, -0.2) is 56.6 Å². The van der Waals surface area contributed by atoms with Gasteiger partial charge in [0.1, 0.15) is 12.1 Å². The van der Waals surface area contributed by atoms with E-state index in [0.717, 1.165) is 50.3 Å². The van der Waals surface area contributed by atoms with Crippen molar-refractivity contribution in [1.29, 1.82) is 0 Å². The molecule has 0 radical (unpaired) electrons. The quantitative estimate of drug-likeness (QED) is 0.857. The molecule has 0 bridgehead atoms. The van der Waals surface area contributed by atoms with Crippen molar-refractivity contribution in [2.75, 3.05) is 25.0 Å². The zero-order valence-corrected chi connectivity index (χ0v) is 14.4. The Hall–Kier alpha value is -2.18. The van der Waals surface area contributed by atoms with Gasteiger partial charge in [-0.15, -0.1) is 0 Å². The molecular formula is C17H24N6O. The number of rotatable bonds is 3. The first kappa shape index (κ1) is 15.4. The summed E-state index contributed by atoms with van der Waals surface area (Å²) in [5.41, 5.74) is 0.937. The van der Waals surface area contributed by atoms with Gasteiger partial charge in [0.2, 0.25) is 5.91 Å². The molecule has 1 aliphatic carbocycles. The molecule has 1 saturated heterocycles. The maximum absolute atomic E-state index is 12.6. The molecule has 128 valence electrons. The maximum Gasteiger partial charge on any atom is 0.254 e. The molecule has 1 atom stereocenters. The van der Waals surface area contributed by atoms with E-state index in [2.05, 4.69) is 26.0 Å². The molecule has 2 aromatic heterocycles. The van der Waals surface area contributed by atoms with Gasteiger partial charge in [-0.1, -0.05) is 6.42 Å². The number of fused-ring (bicyclic) bond motifs is 1. The predicted molar refractivity (Wildman–Crippen MR) is 90.9 cm³/mol. The highest BCUT2D eigenvalue weighted by molar-refractivity contribution is 5.79. The topological polar surface area (TPSA) is 66.6 Å². The lowest BCUT2D eigenvalue weighted by Crippen LogP contribution is -2.51. The van der Waals surface area contributed by atoms with Crippen molar-refractivity contribution in [3.05, 3.63) is 18.1 Å². The molecule has 7 heteroatoms. The second-order valence-electron chi connectivity index (χ2n) is 7.05. The number of aromatic nitrogens is 4. The summed E-state index contributed by atoms with van der Waals surface area (Å²) >= 11 is 0. The smallest absolute Gasteiger partial charge is 0.254 e. The molecule has 3 heterocycles. The molecule has 7 nitrogen and oxygen atoms in total. The summed E-state index contributed by atoms with van der Waals surface area (Å²) in [6, 6.07) is 2.32. The molecule has 1 unspecified atom stereocenters. The Morgan fingerprint density at radius 1 is 1.29 bits per heavy atom. The standard InChI is InChI=1S/C17H24N6O/c1-12-9-15(23-17(20-12)18-11-19-23)22-8-4-7-14(10-22)21(2)16(24)13-5-3-6-13/h9,11,13-14H,3-8,10H2,1-2H3. The van der Waals surface area contributed by atoms with Crippen molar-refractivity contribution < 1.29 is 4.79 Å². The van der Waals surface area contributed by atoms with E-state index in [4.69, 9.17) is 0 Å². The number of anilines is 1. The Morgan fingerprint density at radius 3 is 2.88 bits per heavy atom. The molecule has 4 rings (SSSR count). The minimum Gasteiger partial charge on any atom is -0.354 e. The Labute approximate surface area is 141 Å². The fraction of sp³-hybridized carbons (Fsp3) is 0.647. The average molecular weight is 328 g/mol. The molecule has 0 N–H and O–H groups in total. The zero-order valence-electron chi connectivity index (χ0n) is 14.4. The molecule has 0 aromatic carbocycles. The van der Waals surface area contributed by atoms with Gasteiger partial charge in [0, 0.05) is 43.9 Å². The third-order valence-electron chi connectivity index (χ3n) is 5.43. The van der Waals surface area contributed by atoms with Crippen molar-refractivity contribution in [2.24, 2.45) is 5.92 Å². The van der Waals surface area contributed by atoms with Gasteiger partial charge in [0.05, 0.1) is 0 Å². The van der Waals surface area contributed by atoms with Crippen molar-refractivity contribution in [3.63, 3.8) is 0 Å². The van der Waals surface area contributed by atoms with E-state index in [9.17, 15) is 4.79 Å². The van der Waals surface area contributed by atoms with Crippen molar-refractivity contribution in [3.8, 4) is 0 Å². The van der Waals surface area contributed by atoms with Crippen LogP contribution < -0.4 is 4.90 Å². The number of carbonyl (C=O) groups is 1. The Balaban J connectivity index is 1.55. The van der Waals surface area contributed by atoms with Crippen LogP contribution in [0.15, 0.2) is 12.4 Å². The van der Waals surface area contributed by atoms with Gasteiger partial charge in [-0.05, 0) is 32.6 Å². The first-order chi connectivity index (χ1) is 11.6. The third-order valence-corrected chi connectivity index (χ3v) is 5.43. The number of piperidine rings is 1. The average Bonchev–Trinajstić information content (AvgIpc) is 3.00. The summed E-state index contributed by atoms with van der Waals surface area (Å²) in [6.45, 7) is 3.79.